The van der Waals surface area contributed by atoms with Gasteiger partial charge in [0, 0.05) is 32.7 Å². The minimum Gasteiger partial charge on any atom is -0.381 e. The fourth-order valence-electron chi connectivity index (χ4n) is 2.56. The number of hydrogen-bond acceptors (Lipinski definition) is 5. The summed E-state index contributed by atoms with van der Waals surface area (Å²) < 4.78 is 5.45. The van der Waals surface area contributed by atoms with Gasteiger partial charge in [0.15, 0.2) is 0 Å². The molecule has 0 unspecified atom stereocenters. The van der Waals surface area contributed by atoms with Crippen molar-refractivity contribution in [2.24, 2.45) is 0 Å². The molecule has 0 N–H and O–H groups in total. The van der Waals surface area contributed by atoms with Gasteiger partial charge in [0.1, 0.15) is 16.5 Å². The van der Waals surface area contributed by atoms with Crippen molar-refractivity contribution < 1.29 is 4.74 Å². The van der Waals surface area contributed by atoms with Crippen LogP contribution in [0.1, 0.15) is 25.6 Å². The van der Waals surface area contributed by atoms with Gasteiger partial charge in [-0.3, -0.25) is 0 Å². The summed E-state index contributed by atoms with van der Waals surface area (Å²) in [4.78, 5) is 12.8. The summed E-state index contributed by atoms with van der Waals surface area (Å²) in [5.74, 6) is 2.01. The maximum absolute atomic E-state index is 5.45. The van der Waals surface area contributed by atoms with Crippen molar-refractivity contribution >= 4 is 27.4 Å². The van der Waals surface area contributed by atoms with Crippen LogP contribution in [0.15, 0.2) is 11.4 Å². The van der Waals surface area contributed by atoms with Crippen LogP contribution in [0.5, 0.6) is 0 Å². The second-order valence-electron chi connectivity index (χ2n) is 4.91. The molecular weight excluding hydrogens is 258 g/mol. The second kappa shape index (κ2) is 5.43. The number of aromatic nitrogens is 2. The van der Waals surface area contributed by atoms with Crippen LogP contribution in [-0.2, 0) is 11.2 Å². The molecule has 3 rings (SSSR count). The van der Waals surface area contributed by atoms with E-state index in [4.69, 9.17) is 9.72 Å². The summed E-state index contributed by atoms with van der Waals surface area (Å²) >= 11 is 1.69. The zero-order chi connectivity index (χ0) is 13.2. The van der Waals surface area contributed by atoms with E-state index >= 15 is 0 Å². The van der Waals surface area contributed by atoms with Gasteiger partial charge in [0.25, 0.3) is 0 Å². The predicted octanol–water partition coefficient (Wildman–Crippen LogP) is 2.87. The van der Waals surface area contributed by atoms with E-state index in [1.54, 1.807) is 11.3 Å². The highest BCUT2D eigenvalue weighted by Gasteiger charge is 2.22. The number of nitrogens with zero attached hydrogens (tertiary/aromatic N) is 3. The molecule has 2 aromatic heterocycles. The zero-order valence-corrected chi connectivity index (χ0v) is 12.2. The van der Waals surface area contributed by atoms with Crippen LogP contribution in [0.2, 0.25) is 0 Å². The molecule has 0 atom stereocenters. The molecule has 3 heterocycles. The monoisotopic (exact) mass is 277 g/mol. The SMILES string of the molecule is CCc1nc(N(C)C2CCOCC2)c2ccsc2n1. The van der Waals surface area contributed by atoms with Crippen molar-refractivity contribution in [2.45, 2.75) is 32.2 Å². The molecule has 5 heteroatoms. The predicted molar refractivity (Wildman–Crippen MR) is 79.0 cm³/mol. The summed E-state index contributed by atoms with van der Waals surface area (Å²) in [6.45, 7) is 3.81. The third-order valence-electron chi connectivity index (χ3n) is 3.74. The van der Waals surface area contributed by atoms with E-state index in [0.29, 0.717) is 6.04 Å². The lowest BCUT2D eigenvalue weighted by Crippen LogP contribution is -2.37. The Morgan fingerprint density at radius 3 is 2.89 bits per heavy atom. The largest absolute Gasteiger partial charge is 0.381 e. The van der Waals surface area contributed by atoms with E-state index in [1.165, 1.54) is 5.39 Å². The summed E-state index contributed by atoms with van der Waals surface area (Å²) in [5, 5.41) is 3.27. The molecule has 4 nitrogen and oxygen atoms in total. The van der Waals surface area contributed by atoms with Crippen molar-refractivity contribution in [1.29, 1.82) is 0 Å². The Hall–Kier alpha value is -1.20. The Morgan fingerprint density at radius 2 is 2.16 bits per heavy atom. The second-order valence-corrected chi connectivity index (χ2v) is 5.81. The van der Waals surface area contributed by atoms with Gasteiger partial charge in [-0.1, -0.05) is 6.92 Å². The van der Waals surface area contributed by atoms with E-state index < -0.39 is 0 Å². The fourth-order valence-corrected chi connectivity index (χ4v) is 3.33. The van der Waals surface area contributed by atoms with Crippen LogP contribution in [-0.4, -0.2) is 36.3 Å². The average Bonchev–Trinajstić information content (AvgIpc) is 2.94. The molecule has 1 aliphatic heterocycles. The van der Waals surface area contributed by atoms with Crippen molar-refractivity contribution in [3.05, 3.63) is 17.3 Å². The lowest BCUT2D eigenvalue weighted by atomic mass is 10.1. The van der Waals surface area contributed by atoms with Crippen LogP contribution in [0.25, 0.3) is 10.2 Å². The molecule has 1 aliphatic rings. The Balaban J connectivity index is 1.99. The van der Waals surface area contributed by atoms with E-state index in [-0.39, 0.29) is 0 Å². The normalized spacial score (nSPS) is 16.9. The third kappa shape index (κ3) is 2.44. The molecule has 0 aliphatic carbocycles. The van der Waals surface area contributed by atoms with Crippen LogP contribution >= 0.6 is 11.3 Å². The Bertz CT molecular complexity index is 563. The molecule has 1 saturated heterocycles. The lowest BCUT2D eigenvalue weighted by Gasteiger charge is -2.32. The van der Waals surface area contributed by atoms with Gasteiger partial charge >= 0.3 is 0 Å². The van der Waals surface area contributed by atoms with E-state index in [9.17, 15) is 0 Å². The van der Waals surface area contributed by atoms with Gasteiger partial charge < -0.3 is 9.64 Å². The van der Waals surface area contributed by atoms with Crippen LogP contribution in [0, 0.1) is 0 Å². The first kappa shape index (κ1) is 12.8. The Morgan fingerprint density at radius 1 is 1.37 bits per heavy atom. The molecule has 1 fully saturated rings. The molecule has 19 heavy (non-hydrogen) atoms. The first-order valence-electron chi connectivity index (χ1n) is 6.84. The number of aryl methyl sites for hydroxylation is 1. The molecule has 102 valence electrons. The molecule has 0 saturated carbocycles. The van der Waals surface area contributed by atoms with Gasteiger partial charge in [0.2, 0.25) is 0 Å². The van der Waals surface area contributed by atoms with Gasteiger partial charge in [-0.15, -0.1) is 11.3 Å². The molecule has 0 amide bonds. The first-order valence-corrected chi connectivity index (χ1v) is 7.72. The molecule has 2 aromatic rings. The van der Waals surface area contributed by atoms with Crippen LogP contribution < -0.4 is 4.90 Å². The highest BCUT2D eigenvalue weighted by atomic mass is 32.1. The summed E-state index contributed by atoms with van der Waals surface area (Å²) in [5.41, 5.74) is 0. The summed E-state index contributed by atoms with van der Waals surface area (Å²) in [6.07, 6.45) is 3.03. The van der Waals surface area contributed by atoms with Crippen molar-refractivity contribution in [3.8, 4) is 0 Å². The maximum Gasteiger partial charge on any atom is 0.141 e. The molecule has 0 bridgehead atoms. The zero-order valence-electron chi connectivity index (χ0n) is 11.4. The number of thiophene rings is 1. The van der Waals surface area contributed by atoms with Gasteiger partial charge in [-0.05, 0) is 24.3 Å². The number of hydrogen-bond donors (Lipinski definition) is 0. The minimum absolute atomic E-state index is 0.524. The fraction of sp³-hybridized carbons (Fsp3) is 0.571. The molecule has 0 radical (unpaired) electrons. The van der Waals surface area contributed by atoms with Crippen LogP contribution in [0.3, 0.4) is 0 Å². The first-order chi connectivity index (χ1) is 9.29. The highest BCUT2D eigenvalue weighted by Crippen LogP contribution is 2.30. The number of anilines is 1. The Kier molecular flexibility index (Phi) is 3.66. The average molecular weight is 277 g/mol. The van der Waals surface area contributed by atoms with Crippen molar-refractivity contribution in [3.63, 3.8) is 0 Å². The van der Waals surface area contributed by atoms with Crippen molar-refractivity contribution in [2.75, 3.05) is 25.2 Å². The van der Waals surface area contributed by atoms with Gasteiger partial charge in [-0.2, -0.15) is 0 Å². The lowest BCUT2D eigenvalue weighted by molar-refractivity contribution is 0.0854. The van der Waals surface area contributed by atoms with Crippen molar-refractivity contribution in [1.82, 2.24) is 9.97 Å². The van der Waals surface area contributed by atoms with E-state index in [0.717, 1.165) is 48.9 Å². The quantitative estimate of drug-likeness (QED) is 0.864. The summed E-state index contributed by atoms with van der Waals surface area (Å²) in [6, 6.07) is 2.65. The maximum atomic E-state index is 5.45. The molecular formula is C14H19N3OS. The van der Waals surface area contributed by atoms with E-state index in [1.807, 2.05) is 0 Å². The molecule has 0 aromatic carbocycles. The third-order valence-corrected chi connectivity index (χ3v) is 4.55. The van der Waals surface area contributed by atoms with Gasteiger partial charge in [0.05, 0.1) is 5.39 Å². The number of fused-ring (bicyclic) bond motifs is 1. The minimum atomic E-state index is 0.524. The van der Waals surface area contributed by atoms with Gasteiger partial charge in [-0.25, -0.2) is 9.97 Å². The van der Waals surface area contributed by atoms with Crippen LogP contribution in [0.4, 0.5) is 5.82 Å². The smallest absolute Gasteiger partial charge is 0.141 e. The summed E-state index contributed by atoms with van der Waals surface area (Å²) in [7, 11) is 2.15. The van der Waals surface area contributed by atoms with E-state index in [2.05, 4.69) is 35.3 Å². The standard InChI is InChI=1S/C14H19N3OS/c1-3-12-15-13(11-6-9-19-14(11)16-12)17(2)10-4-7-18-8-5-10/h6,9-10H,3-5,7-8H2,1-2H3. The Labute approximate surface area is 117 Å². The highest BCUT2D eigenvalue weighted by molar-refractivity contribution is 7.16. The topological polar surface area (TPSA) is 38.2 Å². The molecule has 0 spiro atoms. The number of rotatable bonds is 3. The number of ether oxygens (including phenoxy) is 1.